The molecule has 94 valence electrons. The van der Waals surface area contributed by atoms with Crippen molar-refractivity contribution in [2.75, 3.05) is 0 Å². The monoisotopic (exact) mass is 272 g/mol. The first kappa shape index (κ1) is 12.7. The summed E-state index contributed by atoms with van der Waals surface area (Å²) in [7, 11) is 0. The van der Waals surface area contributed by atoms with Crippen molar-refractivity contribution >= 4 is 23.8 Å². The Hall–Kier alpha value is -1.75. The second kappa shape index (κ2) is 4.86. The van der Waals surface area contributed by atoms with E-state index >= 15 is 0 Å². The van der Waals surface area contributed by atoms with Crippen LogP contribution in [0.5, 0.6) is 0 Å². The second-order valence-corrected chi connectivity index (χ2v) is 3.99. The molecule has 0 saturated heterocycles. The standard InChI is InChI=1S/C12H8ClF3N2/c13-11-4-2-9(12(14,15)16)7-8(11)1-3-10-5-6-17-18-10/h1-7H,(H,17,18)/b3-1+. The Morgan fingerprint density at radius 3 is 2.56 bits per heavy atom. The van der Waals surface area contributed by atoms with Crippen LogP contribution in [0.2, 0.25) is 5.02 Å². The van der Waals surface area contributed by atoms with Crippen LogP contribution in [0.1, 0.15) is 16.8 Å². The lowest BCUT2D eigenvalue weighted by Crippen LogP contribution is -2.04. The second-order valence-electron chi connectivity index (χ2n) is 3.58. The lowest BCUT2D eigenvalue weighted by molar-refractivity contribution is -0.137. The van der Waals surface area contributed by atoms with E-state index in [4.69, 9.17) is 11.6 Å². The van der Waals surface area contributed by atoms with Crippen LogP contribution < -0.4 is 0 Å². The SMILES string of the molecule is FC(F)(F)c1ccc(Cl)c(/C=C/c2ccn[nH]2)c1. The van der Waals surface area contributed by atoms with Crippen LogP contribution in [0, 0.1) is 0 Å². The predicted molar refractivity (Wildman–Crippen MR) is 64.0 cm³/mol. The lowest BCUT2D eigenvalue weighted by Gasteiger charge is -2.08. The molecule has 1 aromatic heterocycles. The van der Waals surface area contributed by atoms with Gasteiger partial charge >= 0.3 is 6.18 Å². The Morgan fingerprint density at radius 2 is 1.94 bits per heavy atom. The number of halogens is 4. The third kappa shape index (κ3) is 2.92. The maximum absolute atomic E-state index is 12.5. The van der Waals surface area contributed by atoms with Crippen LogP contribution in [0.15, 0.2) is 30.5 Å². The molecule has 1 N–H and O–H groups in total. The molecule has 0 radical (unpaired) electrons. The molecule has 0 aliphatic rings. The molecule has 0 saturated carbocycles. The van der Waals surface area contributed by atoms with Crippen LogP contribution in [0.25, 0.3) is 12.2 Å². The number of H-pyrrole nitrogens is 1. The number of rotatable bonds is 2. The van der Waals surface area contributed by atoms with Crippen molar-refractivity contribution < 1.29 is 13.2 Å². The third-order valence-corrected chi connectivity index (χ3v) is 2.63. The smallest absolute Gasteiger partial charge is 0.278 e. The Balaban J connectivity index is 2.33. The average Bonchev–Trinajstić information content (AvgIpc) is 2.79. The number of hydrogen-bond acceptors (Lipinski definition) is 1. The molecular formula is C12H8ClF3N2. The summed E-state index contributed by atoms with van der Waals surface area (Å²) in [6.07, 6.45) is 0.286. The van der Waals surface area contributed by atoms with Crippen LogP contribution in [0.3, 0.4) is 0 Å². The molecular weight excluding hydrogens is 265 g/mol. The minimum Gasteiger partial charge on any atom is -0.278 e. The molecule has 0 fully saturated rings. The first-order valence-corrected chi connectivity index (χ1v) is 5.39. The molecule has 2 nitrogen and oxygen atoms in total. The largest absolute Gasteiger partial charge is 0.416 e. The molecule has 1 heterocycles. The lowest BCUT2D eigenvalue weighted by atomic mass is 10.1. The molecule has 0 aliphatic heterocycles. The maximum Gasteiger partial charge on any atom is 0.416 e. The predicted octanol–water partition coefficient (Wildman–Crippen LogP) is 4.25. The summed E-state index contributed by atoms with van der Waals surface area (Å²) in [5, 5.41) is 6.66. The van der Waals surface area contributed by atoms with Gasteiger partial charge in [-0.3, -0.25) is 5.10 Å². The maximum atomic E-state index is 12.5. The Morgan fingerprint density at radius 1 is 1.17 bits per heavy atom. The van der Waals surface area contributed by atoms with E-state index in [0.29, 0.717) is 11.3 Å². The highest BCUT2D eigenvalue weighted by Crippen LogP contribution is 2.32. The zero-order chi connectivity index (χ0) is 13.2. The van der Waals surface area contributed by atoms with Crippen molar-refractivity contribution in [1.29, 1.82) is 0 Å². The van der Waals surface area contributed by atoms with Gasteiger partial charge in [-0.15, -0.1) is 0 Å². The fraction of sp³-hybridized carbons (Fsp3) is 0.0833. The summed E-state index contributed by atoms with van der Waals surface area (Å²) >= 11 is 5.84. The highest BCUT2D eigenvalue weighted by Gasteiger charge is 2.30. The topological polar surface area (TPSA) is 28.7 Å². The number of aromatic nitrogens is 2. The van der Waals surface area contributed by atoms with Crippen molar-refractivity contribution in [2.24, 2.45) is 0 Å². The van der Waals surface area contributed by atoms with E-state index in [9.17, 15) is 13.2 Å². The zero-order valence-electron chi connectivity index (χ0n) is 9.00. The van der Waals surface area contributed by atoms with Crippen LogP contribution in [0.4, 0.5) is 13.2 Å². The van der Waals surface area contributed by atoms with Crippen molar-refractivity contribution in [1.82, 2.24) is 10.2 Å². The molecule has 2 aromatic rings. The van der Waals surface area contributed by atoms with Crippen molar-refractivity contribution in [3.63, 3.8) is 0 Å². The van der Waals surface area contributed by atoms with Crippen LogP contribution in [-0.2, 0) is 6.18 Å². The Bertz CT molecular complexity index is 559. The minimum atomic E-state index is -4.37. The van der Waals surface area contributed by atoms with Gasteiger partial charge < -0.3 is 0 Å². The molecule has 0 unspecified atom stereocenters. The fourth-order valence-corrected chi connectivity index (χ4v) is 1.57. The molecule has 0 bridgehead atoms. The van der Waals surface area contributed by atoms with Crippen molar-refractivity contribution in [3.8, 4) is 0 Å². The first-order chi connectivity index (χ1) is 8.47. The summed E-state index contributed by atoms with van der Waals surface area (Å²) < 4.78 is 37.6. The van der Waals surface area contributed by atoms with Gasteiger partial charge in [0.05, 0.1) is 11.3 Å². The number of nitrogens with one attached hydrogen (secondary N) is 1. The first-order valence-electron chi connectivity index (χ1n) is 5.01. The normalized spacial score (nSPS) is 12.2. The number of benzene rings is 1. The highest BCUT2D eigenvalue weighted by atomic mass is 35.5. The molecule has 0 amide bonds. The molecule has 0 aliphatic carbocycles. The summed E-state index contributed by atoms with van der Waals surface area (Å²) in [6, 6.07) is 4.89. The summed E-state index contributed by atoms with van der Waals surface area (Å²) in [4.78, 5) is 0. The fourth-order valence-electron chi connectivity index (χ4n) is 1.39. The third-order valence-electron chi connectivity index (χ3n) is 2.29. The number of aromatic amines is 1. The van der Waals surface area contributed by atoms with Gasteiger partial charge in [-0.1, -0.05) is 17.7 Å². The van der Waals surface area contributed by atoms with Gasteiger partial charge in [0, 0.05) is 11.2 Å². The summed E-state index contributed by atoms with van der Waals surface area (Å²) in [6.45, 7) is 0. The van der Waals surface area contributed by atoms with Crippen LogP contribution in [-0.4, -0.2) is 10.2 Å². The van der Waals surface area contributed by atoms with Crippen LogP contribution >= 0.6 is 11.6 Å². The van der Waals surface area contributed by atoms with E-state index in [1.807, 2.05) is 0 Å². The Labute approximate surface area is 106 Å². The minimum absolute atomic E-state index is 0.263. The molecule has 2 rings (SSSR count). The van der Waals surface area contributed by atoms with Gasteiger partial charge in [-0.05, 0) is 35.9 Å². The van der Waals surface area contributed by atoms with E-state index < -0.39 is 11.7 Å². The van der Waals surface area contributed by atoms with Gasteiger partial charge in [0.25, 0.3) is 0 Å². The van der Waals surface area contributed by atoms with E-state index in [0.717, 1.165) is 12.1 Å². The van der Waals surface area contributed by atoms with E-state index in [1.165, 1.54) is 12.1 Å². The van der Waals surface area contributed by atoms with Crippen molar-refractivity contribution in [2.45, 2.75) is 6.18 Å². The Kier molecular flexibility index (Phi) is 3.43. The van der Waals surface area contributed by atoms with Gasteiger partial charge in [0.1, 0.15) is 0 Å². The van der Waals surface area contributed by atoms with Gasteiger partial charge in [0.2, 0.25) is 0 Å². The summed E-state index contributed by atoms with van der Waals surface area (Å²) in [5.74, 6) is 0. The highest BCUT2D eigenvalue weighted by molar-refractivity contribution is 6.32. The molecule has 6 heteroatoms. The molecule has 1 aromatic carbocycles. The van der Waals surface area contributed by atoms with E-state index in [1.54, 1.807) is 18.3 Å². The van der Waals surface area contributed by atoms with Crippen molar-refractivity contribution in [3.05, 3.63) is 52.3 Å². The zero-order valence-corrected chi connectivity index (χ0v) is 9.76. The molecule has 0 atom stereocenters. The molecule has 18 heavy (non-hydrogen) atoms. The number of nitrogens with zero attached hydrogens (tertiary/aromatic N) is 1. The van der Waals surface area contributed by atoms with E-state index in [2.05, 4.69) is 10.2 Å². The number of hydrogen-bond donors (Lipinski definition) is 1. The van der Waals surface area contributed by atoms with Gasteiger partial charge in [-0.25, -0.2) is 0 Å². The number of alkyl halides is 3. The molecule has 0 spiro atoms. The van der Waals surface area contributed by atoms with Gasteiger partial charge in [-0.2, -0.15) is 18.3 Å². The average molecular weight is 273 g/mol. The van der Waals surface area contributed by atoms with E-state index in [-0.39, 0.29) is 5.02 Å². The van der Waals surface area contributed by atoms with Gasteiger partial charge in [0.15, 0.2) is 0 Å². The quantitative estimate of drug-likeness (QED) is 0.870. The summed E-state index contributed by atoms with van der Waals surface area (Å²) in [5.41, 5.74) is 0.265.